The molecule has 0 aliphatic rings. The van der Waals surface area contributed by atoms with Crippen molar-refractivity contribution in [3.05, 3.63) is 71.8 Å². The second-order valence-electron chi connectivity index (χ2n) is 3.38. The van der Waals surface area contributed by atoms with Crippen molar-refractivity contribution in [2.45, 2.75) is 13.8 Å². The van der Waals surface area contributed by atoms with Gasteiger partial charge in [-0.1, -0.05) is 71.8 Å². The van der Waals surface area contributed by atoms with Crippen molar-refractivity contribution in [1.82, 2.24) is 0 Å². The van der Waals surface area contributed by atoms with E-state index in [4.69, 9.17) is 8.42 Å². The summed E-state index contributed by atoms with van der Waals surface area (Å²) in [5.74, 6) is 0. The molecule has 2 aromatic carbocycles. The molecule has 0 aliphatic carbocycles. The topological polar surface area (TPSA) is 34.1 Å². The van der Waals surface area contributed by atoms with Crippen molar-refractivity contribution in [2.24, 2.45) is 0 Å². The third-order valence-electron chi connectivity index (χ3n) is 1.88. The quantitative estimate of drug-likeness (QED) is 0.691. The fourth-order valence-electron chi connectivity index (χ4n) is 1.07. The minimum absolute atomic E-state index is 0. The molecule has 2 nitrogen and oxygen atoms in total. The van der Waals surface area contributed by atoms with Gasteiger partial charge in [0.05, 0.1) is 0 Å². The van der Waals surface area contributed by atoms with Gasteiger partial charge in [0.25, 0.3) is 0 Å². The third kappa shape index (κ3) is 13.3. The molecule has 0 fully saturated rings. The van der Waals surface area contributed by atoms with Crippen LogP contribution in [0.5, 0.6) is 0 Å². The van der Waals surface area contributed by atoms with Crippen molar-refractivity contribution in [1.29, 1.82) is 0 Å². The third-order valence-corrected chi connectivity index (χ3v) is 1.88. The van der Waals surface area contributed by atoms with Crippen LogP contribution in [0, 0.1) is 13.8 Å². The zero-order valence-corrected chi connectivity index (χ0v) is 10.8. The van der Waals surface area contributed by atoms with Gasteiger partial charge < -0.3 is 0 Å². The molecule has 4 heteroatoms. The van der Waals surface area contributed by atoms with Crippen LogP contribution < -0.4 is 0 Å². The zero-order valence-electron chi connectivity index (χ0n) is 10.00. The molecule has 0 heterocycles. The van der Waals surface area contributed by atoms with Gasteiger partial charge >= 0.3 is 41.1 Å². The number of hydrogen-bond acceptors (Lipinski definition) is 2. The van der Waals surface area contributed by atoms with Crippen LogP contribution in [-0.4, -0.2) is 38.0 Å². The molecule has 0 saturated carbocycles. The van der Waals surface area contributed by atoms with Crippen LogP contribution in [-0.2, 0) is 11.6 Å². The number of hydrogen-bond donors (Lipinski definition) is 0. The summed E-state index contributed by atoms with van der Waals surface area (Å²) < 4.78 is 16.6. The molecule has 0 radical (unpaired) electrons. The molecular formula is C14H17NaO2S. The molecular weight excluding hydrogens is 255 g/mol. The summed E-state index contributed by atoms with van der Waals surface area (Å²) in [5.41, 5.74) is 2.64. The molecule has 2 rings (SSSR count). The summed E-state index contributed by atoms with van der Waals surface area (Å²) in [4.78, 5) is 0. The SMILES string of the molecule is Cc1ccccc1.Cc1ccccc1.O=S=O.[NaH]. The Morgan fingerprint density at radius 1 is 0.667 bits per heavy atom. The van der Waals surface area contributed by atoms with Gasteiger partial charge in [-0.15, -0.1) is 0 Å². The summed E-state index contributed by atoms with van der Waals surface area (Å²) in [6, 6.07) is 20.5. The fourth-order valence-corrected chi connectivity index (χ4v) is 1.07. The normalized spacial score (nSPS) is 7.44. The molecule has 2 aromatic rings. The summed E-state index contributed by atoms with van der Waals surface area (Å²) >= 11 is -0.750. The van der Waals surface area contributed by atoms with Crippen molar-refractivity contribution < 1.29 is 8.42 Å². The van der Waals surface area contributed by atoms with E-state index < -0.39 is 11.6 Å². The molecule has 0 amide bonds. The van der Waals surface area contributed by atoms with Crippen LogP contribution in [0.15, 0.2) is 60.7 Å². The molecule has 92 valence electrons. The minimum atomic E-state index is -0.750. The first-order chi connectivity index (χ1) is 8.20. The van der Waals surface area contributed by atoms with Gasteiger partial charge in [0, 0.05) is 0 Å². The van der Waals surface area contributed by atoms with Crippen LogP contribution in [0.2, 0.25) is 0 Å². The predicted octanol–water partition coefficient (Wildman–Crippen LogP) is 2.67. The van der Waals surface area contributed by atoms with Gasteiger partial charge in [-0.05, 0) is 13.8 Å². The standard InChI is InChI=1S/2C7H8.Na.O2S.H/c2*1-7-5-3-2-4-6-7;;1-3-2;/h2*2-6H,1H3;;;. The van der Waals surface area contributed by atoms with Crippen LogP contribution in [0.3, 0.4) is 0 Å². The first kappa shape index (κ1) is 19.6. The van der Waals surface area contributed by atoms with E-state index >= 15 is 0 Å². The molecule has 0 saturated heterocycles. The Balaban J connectivity index is 0. The Labute approximate surface area is 134 Å². The van der Waals surface area contributed by atoms with E-state index in [1.807, 2.05) is 36.4 Å². The number of benzene rings is 2. The fraction of sp³-hybridized carbons (Fsp3) is 0.143. The van der Waals surface area contributed by atoms with E-state index in [0.717, 1.165) is 0 Å². The summed E-state index contributed by atoms with van der Waals surface area (Å²) in [5, 5.41) is 0. The van der Waals surface area contributed by atoms with Crippen molar-refractivity contribution in [3.8, 4) is 0 Å². The van der Waals surface area contributed by atoms with E-state index in [1.165, 1.54) is 11.1 Å². The van der Waals surface area contributed by atoms with E-state index in [9.17, 15) is 0 Å². The average Bonchev–Trinajstić information content (AvgIpc) is 2.33. The van der Waals surface area contributed by atoms with Crippen LogP contribution in [0.25, 0.3) is 0 Å². The van der Waals surface area contributed by atoms with Crippen molar-refractivity contribution in [2.75, 3.05) is 0 Å². The molecule has 0 spiro atoms. The van der Waals surface area contributed by atoms with Crippen LogP contribution in [0.1, 0.15) is 11.1 Å². The Morgan fingerprint density at radius 3 is 1.00 bits per heavy atom. The molecule has 0 bridgehead atoms. The Hall–Kier alpha value is -0.740. The second kappa shape index (κ2) is 14.3. The number of aryl methyl sites for hydroxylation is 2. The summed E-state index contributed by atoms with van der Waals surface area (Å²) in [6.45, 7) is 4.17. The average molecular weight is 272 g/mol. The first-order valence-electron chi connectivity index (χ1n) is 5.15. The summed E-state index contributed by atoms with van der Waals surface area (Å²) in [7, 11) is 0. The maximum absolute atomic E-state index is 8.29. The first-order valence-corrected chi connectivity index (χ1v) is 5.82. The van der Waals surface area contributed by atoms with Gasteiger partial charge in [-0.2, -0.15) is 8.42 Å². The van der Waals surface area contributed by atoms with Crippen LogP contribution >= 0.6 is 0 Å². The Morgan fingerprint density at radius 2 is 0.889 bits per heavy atom. The van der Waals surface area contributed by atoms with E-state index in [1.54, 1.807) is 0 Å². The molecule has 0 aliphatic heterocycles. The van der Waals surface area contributed by atoms with Crippen molar-refractivity contribution >= 4 is 41.1 Å². The molecule has 0 aromatic heterocycles. The molecule has 0 unspecified atom stereocenters. The van der Waals surface area contributed by atoms with Crippen molar-refractivity contribution in [3.63, 3.8) is 0 Å². The van der Waals surface area contributed by atoms with Gasteiger partial charge in [0.1, 0.15) is 0 Å². The van der Waals surface area contributed by atoms with E-state index in [0.29, 0.717) is 0 Å². The molecule has 0 atom stereocenters. The van der Waals surface area contributed by atoms with Gasteiger partial charge in [0.2, 0.25) is 0 Å². The maximum atomic E-state index is 8.29. The van der Waals surface area contributed by atoms with Gasteiger partial charge in [-0.3, -0.25) is 0 Å². The molecule has 0 N–H and O–H groups in total. The Bertz CT molecular complexity index is 389. The van der Waals surface area contributed by atoms with E-state index in [-0.39, 0.29) is 29.6 Å². The van der Waals surface area contributed by atoms with Gasteiger partial charge in [0.15, 0.2) is 0 Å². The molecule has 18 heavy (non-hydrogen) atoms. The number of rotatable bonds is 0. The predicted molar refractivity (Wildman–Crippen MR) is 78.4 cm³/mol. The van der Waals surface area contributed by atoms with E-state index in [2.05, 4.69) is 38.1 Å². The second-order valence-corrected chi connectivity index (χ2v) is 3.51. The van der Waals surface area contributed by atoms with Crippen LogP contribution in [0.4, 0.5) is 0 Å². The zero-order chi connectivity index (χ0) is 12.9. The Kier molecular flexibility index (Phi) is 15.6. The summed E-state index contributed by atoms with van der Waals surface area (Å²) in [6.07, 6.45) is 0. The monoisotopic (exact) mass is 272 g/mol. The van der Waals surface area contributed by atoms with Gasteiger partial charge in [-0.25, -0.2) is 0 Å².